The predicted molar refractivity (Wildman–Crippen MR) is 67.8 cm³/mol. The number of aromatic nitrogens is 2. The summed E-state index contributed by atoms with van der Waals surface area (Å²) in [7, 11) is 0. The molecule has 1 rings (SSSR count). The largest absolute Gasteiger partial charge is 0.465 e. The first-order valence-electron chi connectivity index (χ1n) is 5.51. The van der Waals surface area contributed by atoms with Gasteiger partial charge in [-0.1, -0.05) is 25.1 Å². The van der Waals surface area contributed by atoms with Crippen LogP contribution in [0, 0.1) is 6.92 Å². The van der Waals surface area contributed by atoms with Crippen LogP contribution < -0.4 is 5.73 Å². The maximum absolute atomic E-state index is 11.3. The molecule has 1 aromatic heterocycles. The molecule has 94 valence electrons. The van der Waals surface area contributed by atoms with Crippen molar-refractivity contribution in [3.05, 3.63) is 11.8 Å². The van der Waals surface area contributed by atoms with Gasteiger partial charge in [0.25, 0.3) is 0 Å². The molecule has 0 saturated heterocycles. The molecule has 1 heterocycles. The summed E-state index contributed by atoms with van der Waals surface area (Å²) in [5.41, 5.74) is 6.37. The molecule has 2 N–H and O–H groups in total. The van der Waals surface area contributed by atoms with E-state index in [0.29, 0.717) is 17.6 Å². The van der Waals surface area contributed by atoms with Gasteiger partial charge in [-0.2, -0.15) is 0 Å². The molecule has 0 aromatic carbocycles. The van der Waals surface area contributed by atoms with Crippen LogP contribution in [0.3, 0.4) is 0 Å². The van der Waals surface area contributed by atoms with Gasteiger partial charge in [-0.25, -0.2) is 9.97 Å². The fourth-order valence-electron chi connectivity index (χ4n) is 1.12. The molecule has 5 nitrogen and oxygen atoms in total. The summed E-state index contributed by atoms with van der Waals surface area (Å²) in [6.45, 7) is 4.36. The van der Waals surface area contributed by atoms with Crippen LogP contribution in [0.5, 0.6) is 0 Å². The number of unbranched alkanes of at least 4 members (excludes halogenated alkanes) is 1. The molecule has 0 bridgehead atoms. The van der Waals surface area contributed by atoms with Crippen molar-refractivity contribution in [2.75, 3.05) is 18.1 Å². The van der Waals surface area contributed by atoms with Gasteiger partial charge in [-0.3, -0.25) is 4.79 Å². The average molecular weight is 255 g/mol. The van der Waals surface area contributed by atoms with Crippen LogP contribution in [-0.2, 0) is 9.53 Å². The molecular formula is C11H17N3O2S. The van der Waals surface area contributed by atoms with E-state index in [4.69, 9.17) is 10.5 Å². The standard InChI is InChI=1S/C11H17N3O2S/c1-3-4-5-16-10(15)7-17-11-13-8(2)6-9(12)14-11/h6H,3-5,7H2,1-2H3,(H2,12,13,14). The first kappa shape index (κ1) is 13.8. The Labute approximate surface area is 105 Å². The Morgan fingerprint density at radius 2 is 2.29 bits per heavy atom. The molecule has 0 aliphatic heterocycles. The molecule has 6 heteroatoms. The second-order valence-corrected chi connectivity index (χ2v) is 4.52. The quantitative estimate of drug-likeness (QED) is 0.361. The maximum Gasteiger partial charge on any atom is 0.316 e. The number of nitrogens with two attached hydrogens (primary N) is 1. The van der Waals surface area contributed by atoms with Crippen molar-refractivity contribution < 1.29 is 9.53 Å². The van der Waals surface area contributed by atoms with Crippen molar-refractivity contribution in [3.63, 3.8) is 0 Å². The smallest absolute Gasteiger partial charge is 0.316 e. The van der Waals surface area contributed by atoms with E-state index in [1.165, 1.54) is 11.8 Å². The van der Waals surface area contributed by atoms with Gasteiger partial charge in [-0.05, 0) is 13.3 Å². The summed E-state index contributed by atoms with van der Waals surface area (Å²) in [6.07, 6.45) is 1.91. The fraction of sp³-hybridized carbons (Fsp3) is 0.545. The first-order valence-corrected chi connectivity index (χ1v) is 6.50. The number of nitrogen functional groups attached to an aromatic ring is 1. The summed E-state index contributed by atoms with van der Waals surface area (Å²) in [6, 6.07) is 1.68. The Kier molecular flexibility index (Phi) is 5.76. The zero-order valence-electron chi connectivity index (χ0n) is 10.1. The van der Waals surface area contributed by atoms with Crippen LogP contribution in [0.4, 0.5) is 5.82 Å². The molecule has 0 amide bonds. The zero-order valence-corrected chi connectivity index (χ0v) is 10.9. The minimum atomic E-state index is -0.243. The van der Waals surface area contributed by atoms with Crippen molar-refractivity contribution in [1.29, 1.82) is 0 Å². The number of esters is 1. The second kappa shape index (κ2) is 7.11. The number of hydrogen-bond donors (Lipinski definition) is 1. The summed E-state index contributed by atoms with van der Waals surface area (Å²) < 4.78 is 5.02. The van der Waals surface area contributed by atoms with Crippen LogP contribution in [0.2, 0.25) is 0 Å². The van der Waals surface area contributed by atoms with Gasteiger partial charge in [-0.15, -0.1) is 0 Å². The molecule has 1 aromatic rings. The van der Waals surface area contributed by atoms with Crippen molar-refractivity contribution in [2.24, 2.45) is 0 Å². The fourth-order valence-corrected chi connectivity index (χ4v) is 1.83. The monoisotopic (exact) mass is 255 g/mol. The van der Waals surface area contributed by atoms with Crippen LogP contribution in [0.25, 0.3) is 0 Å². The topological polar surface area (TPSA) is 78.1 Å². The van der Waals surface area contributed by atoms with Crippen molar-refractivity contribution in [1.82, 2.24) is 9.97 Å². The van der Waals surface area contributed by atoms with Crippen LogP contribution >= 0.6 is 11.8 Å². The molecule has 0 aliphatic rings. The molecule has 0 atom stereocenters. The third-order valence-electron chi connectivity index (χ3n) is 1.93. The lowest BCUT2D eigenvalue weighted by Crippen LogP contribution is -2.09. The summed E-state index contributed by atoms with van der Waals surface area (Å²) in [5, 5.41) is 0.509. The molecule has 0 spiro atoms. The van der Waals surface area contributed by atoms with E-state index in [1.807, 2.05) is 13.8 Å². The minimum absolute atomic E-state index is 0.215. The highest BCUT2D eigenvalue weighted by Gasteiger charge is 2.06. The number of aryl methyl sites for hydroxylation is 1. The number of rotatable bonds is 6. The Morgan fingerprint density at radius 1 is 1.53 bits per heavy atom. The highest BCUT2D eigenvalue weighted by Crippen LogP contribution is 2.15. The van der Waals surface area contributed by atoms with E-state index in [9.17, 15) is 4.79 Å². The molecule has 0 aliphatic carbocycles. The number of carbonyl (C=O) groups is 1. The number of nitrogens with zero attached hydrogens (tertiary/aromatic N) is 2. The maximum atomic E-state index is 11.3. The number of hydrogen-bond acceptors (Lipinski definition) is 6. The van der Waals surface area contributed by atoms with Gasteiger partial charge >= 0.3 is 5.97 Å². The van der Waals surface area contributed by atoms with Crippen LogP contribution in [-0.4, -0.2) is 28.3 Å². The van der Waals surface area contributed by atoms with E-state index in [-0.39, 0.29) is 11.7 Å². The summed E-state index contributed by atoms with van der Waals surface area (Å²) in [5.74, 6) is 0.388. The molecule has 0 radical (unpaired) electrons. The number of ether oxygens (including phenoxy) is 1. The summed E-state index contributed by atoms with van der Waals surface area (Å²) in [4.78, 5) is 19.5. The van der Waals surface area contributed by atoms with E-state index in [2.05, 4.69) is 9.97 Å². The van der Waals surface area contributed by atoms with Gasteiger partial charge in [0.05, 0.1) is 12.4 Å². The lowest BCUT2D eigenvalue weighted by Gasteiger charge is -2.04. The molecule has 0 saturated carbocycles. The van der Waals surface area contributed by atoms with E-state index >= 15 is 0 Å². The zero-order chi connectivity index (χ0) is 12.7. The molecule has 0 unspecified atom stereocenters. The Morgan fingerprint density at radius 3 is 2.94 bits per heavy atom. The SMILES string of the molecule is CCCCOC(=O)CSc1nc(C)cc(N)n1. The summed E-state index contributed by atoms with van der Waals surface area (Å²) >= 11 is 1.24. The van der Waals surface area contributed by atoms with Gasteiger partial charge in [0, 0.05) is 11.8 Å². The van der Waals surface area contributed by atoms with Crippen molar-refractivity contribution in [2.45, 2.75) is 31.8 Å². The number of carbonyl (C=O) groups excluding carboxylic acids is 1. The highest BCUT2D eigenvalue weighted by atomic mass is 32.2. The van der Waals surface area contributed by atoms with Crippen molar-refractivity contribution in [3.8, 4) is 0 Å². The Bertz CT molecular complexity index is 365. The normalized spacial score (nSPS) is 10.2. The molecular weight excluding hydrogens is 238 g/mol. The average Bonchev–Trinajstić information content (AvgIpc) is 2.25. The Hall–Kier alpha value is -1.30. The lowest BCUT2D eigenvalue weighted by molar-refractivity contribution is -0.140. The second-order valence-electron chi connectivity index (χ2n) is 3.58. The number of anilines is 1. The van der Waals surface area contributed by atoms with Crippen molar-refractivity contribution >= 4 is 23.5 Å². The number of thioether (sulfide) groups is 1. The van der Waals surface area contributed by atoms with Gasteiger partial charge in [0.2, 0.25) is 0 Å². The lowest BCUT2D eigenvalue weighted by atomic mass is 10.4. The highest BCUT2D eigenvalue weighted by molar-refractivity contribution is 7.99. The van der Waals surface area contributed by atoms with E-state index < -0.39 is 0 Å². The molecule has 0 fully saturated rings. The van der Waals surface area contributed by atoms with Gasteiger partial charge < -0.3 is 10.5 Å². The molecule has 17 heavy (non-hydrogen) atoms. The first-order chi connectivity index (χ1) is 8.11. The van der Waals surface area contributed by atoms with Gasteiger partial charge in [0.15, 0.2) is 5.16 Å². The minimum Gasteiger partial charge on any atom is -0.465 e. The van der Waals surface area contributed by atoms with E-state index in [1.54, 1.807) is 6.07 Å². The Balaban J connectivity index is 2.36. The third kappa shape index (κ3) is 5.53. The van der Waals surface area contributed by atoms with Crippen LogP contribution in [0.15, 0.2) is 11.2 Å². The van der Waals surface area contributed by atoms with Gasteiger partial charge in [0.1, 0.15) is 5.82 Å². The third-order valence-corrected chi connectivity index (χ3v) is 2.75. The van der Waals surface area contributed by atoms with E-state index in [0.717, 1.165) is 18.5 Å². The predicted octanol–water partition coefficient (Wildman–Crippen LogP) is 1.80. The van der Waals surface area contributed by atoms with Crippen LogP contribution in [0.1, 0.15) is 25.5 Å².